The van der Waals surface area contributed by atoms with E-state index in [1.54, 1.807) is 11.3 Å². The van der Waals surface area contributed by atoms with E-state index in [4.69, 9.17) is 0 Å². The van der Waals surface area contributed by atoms with E-state index >= 15 is 0 Å². The number of alkyl halides is 2. The maximum Gasteiger partial charge on any atom is 0.244 e. The van der Waals surface area contributed by atoms with Crippen LogP contribution < -0.4 is 4.90 Å². The summed E-state index contributed by atoms with van der Waals surface area (Å²) in [4.78, 5) is 12.6. The van der Waals surface area contributed by atoms with Crippen molar-refractivity contribution in [1.29, 1.82) is 0 Å². The fourth-order valence-electron chi connectivity index (χ4n) is 2.25. The lowest BCUT2D eigenvalue weighted by Crippen LogP contribution is -2.50. The fourth-order valence-corrected chi connectivity index (χ4v) is 3.24. The third kappa shape index (κ3) is 1.67. The summed E-state index contributed by atoms with van der Waals surface area (Å²) < 4.78 is 25.0. The fraction of sp³-hybridized carbons (Fsp3) is 0.500. The van der Waals surface area contributed by atoms with Crippen LogP contribution in [0, 0.1) is 19.8 Å². The molecule has 2 aromatic heterocycles. The molecule has 0 atom stereocenters. The highest BCUT2D eigenvalue weighted by Crippen LogP contribution is 2.37. The quantitative estimate of drug-likeness (QED) is 0.839. The third-order valence-corrected chi connectivity index (χ3v) is 4.63. The molecule has 0 aliphatic carbocycles. The monoisotopic (exact) mass is 269 g/mol. The van der Waals surface area contributed by atoms with E-state index < -0.39 is 12.3 Å². The van der Waals surface area contributed by atoms with Crippen molar-refractivity contribution in [1.82, 2.24) is 9.97 Å². The normalized spacial score (nSPS) is 16.6. The minimum absolute atomic E-state index is 0.387. The molecule has 0 unspecified atom stereocenters. The summed E-state index contributed by atoms with van der Waals surface area (Å²) in [6, 6.07) is 0. The number of rotatable bonds is 2. The summed E-state index contributed by atoms with van der Waals surface area (Å²) in [5.74, 6) is 0.286. The Morgan fingerprint density at radius 3 is 2.72 bits per heavy atom. The first-order chi connectivity index (χ1) is 8.58. The van der Waals surface area contributed by atoms with Gasteiger partial charge in [-0.25, -0.2) is 18.7 Å². The molecule has 0 amide bonds. The van der Waals surface area contributed by atoms with Crippen molar-refractivity contribution in [3.8, 4) is 0 Å². The van der Waals surface area contributed by atoms with Gasteiger partial charge in [0.2, 0.25) is 6.43 Å². The van der Waals surface area contributed by atoms with E-state index in [1.165, 1.54) is 11.2 Å². The molecule has 1 fully saturated rings. The van der Waals surface area contributed by atoms with Gasteiger partial charge in [0.1, 0.15) is 17.0 Å². The Hall–Kier alpha value is -1.30. The van der Waals surface area contributed by atoms with Gasteiger partial charge < -0.3 is 4.90 Å². The molecule has 1 aliphatic rings. The average Bonchev–Trinajstić information content (AvgIpc) is 2.53. The Morgan fingerprint density at radius 2 is 2.06 bits per heavy atom. The van der Waals surface area contributed by atoms with Crippen molar-refractivity contribution in [2.75, 3.05) is 18.0 Å². The minimum Gasteiger partial charge on any atom is -0.355 e. The molecule has 2 aromatic rings. The van der Waals surface area contributed by atoms with Crippen LogP contribution in [0.15, 0.2) is 6.33 Å². The van der Waals surface area contributed by atoms with E-state index in [2.05, 4.69) is 9.97 Å². The first-order valence-corrected chi connectivity index (χ1v) is 6.63. The Labute approximate surface area is 107 Å². The second-order valence-corrected chi connectivity index (χ2v) is 5.86. The van der Waals surface area contributed by atoms with E-state index in [-0.39, 0.29) is 0 Å². The smallest absolute Gasteiger partial charge is 0.244 e. The first kappa shape index (κ1) is 11.8. The van der Waals surface area contributed by atoms with Gasteiger partial charge in [-0.1, -0.05) is 0 Å². The van der Waals surface area contributed by atoms with Crippen LogP contribution in [-0.4, -0.2) is 29.5 Å². The molecule has 96 valence electrons. The number of aromatic nitrogens is 2. The molecular weight excluding hydrogens is 256 g/mol. The molecule has 1 aliphatic heterocycles. The molecule has 1 saturated heterocycles. The summed E-state index contributed by atoms with van der Waals surface area (Å²) >= 11 is 1.63. The van der Waals surface area contributed by atoms with E-state index in [9.17, 15) is 8.78 Å². The van der Waals surface area contributed by atoms with Crippen LogP contribution in [0.1, 0.15) is 10.4 Å². The van der Waals surface area contributed by atoms with Gasteiger partial charge in [0.05, 0.1) is 11.3 Å². The third-order valence-electron chi connectivity index (χ3n) is 3.51. The zero-order chi connectivity index (χ0) is 12.9. The number of anilines is 1. The summed E-state index contributed by atoms with van der Waals surface area (Å²) in [5.41, 5.74) is 1.16. The second kappa shape index (κ2) is 4.12. The highest BCUT2D eigenvalue weighted by molar-refractivity contribution is 7.18. The predicted molar refractivity (Wildman–Crippen MR) is 68.6 cm³/mol. The summed E-state index contributed by atoms with van der Waals surface area (Å²) in [6.45, 7) is 4.85. The van der Waals surface area contributed by atoms with Gasteiger partial charge >= 0.3 is 0 Å². The zero-order valence-electron chi connectivity index (χ0n) is 10.2. The SMILES string of the molecule is Cc1sc2ncnc(N3CC(C(F)F)C3)c2c1C. The van der Waals surface area contributed by atoms with Crippen LogP contribution in [-0.2, 0) is 0 Å². The Morgan fingerprint density at radius 1 is 1.33 bits per heavy atom. The number of fused-ring (bicyclic) bond motifs is 1. The maximum atomic E-state index is 12.5. The van der Waals surface area contributed by atoms with Crippen LogP contribution in [0.25, 0.3) is 10.2 Å². The van der Waals surface area contributed by atoms with Gasteiger partial charge in [0, 0.05) is 18.0 Å². The highest BCUT2D eigenvalue weighted by Gasteiger charge is 2.35. The van der Waals surface area contributed by atoms with Gasteiger partial charge in [0.25, 0.3) is 0 Å². The van der Waals surface area contributed by atoms with Crippen LogP contribution in [0.4, 0.5) is 14.6 Å². The highest BCUT2D eigenvalue weighted by atomic mass is 32.1. The Balaban J connectivity index is 1.98. The molecule has 0 bridgehead atoms. The van der Waals surface area contributed by atoms with E-state index in [0.29, 0.717) is 13.1 Å². The van der Waals surface area contributed by atoms with Crippen molar-refractivity contribution in [2.45, 2.75) is 20.3 Å². The van der Waals surface area contributed by atoms with E-state index in [1.807, 2.05) is 18.7 Å². The van der Waals surface area contributed by atoms with Crippen LogP contribution >= 0.6 is 11.3 Å². The zero-order valence-corrected chi connectivity index (χ0v) is 11.0. The largest absolute Gasteiger partial charge is 0.355 e. The standard InChI is InChI=1S/C12H13F2N3S/c1-6-7(2)18-12-9(6)11(15-5-16-12)17-3-8(4-17)10(13)14/h5,8,10H,3-4H2,1-2H3. The van der Waals surface area contributed by atoms with Crippen molar-refractivity contribution in [3.63, 3.8) is 0 Å². The Kier molecular flexibility index (Phi) is 2.69. The number of thiophene rings is 1. The van der Waals surface area contributed by atoms with Gasteiger partial charge in [0.15, 0.2) is 0 Å². The number of nitrogens with zero attached hydrogens (tertiary/aromatic N) is 3. The van der Waals surface area contributed by atoms with Gasteiger partial charge in [-0.3, -0.25) is 0 Å². The minimum atomic E-state index is -2.23. The lowest BCUT2D eigenvalue weighted by molar-refractivity contribution is 0.0612. The van der Waals surface area contributed by atoms with Crippen molar-refractivity contribution in [2.24, 2.45) is 5.92 Å². The topological polar surface area (TPSA) is 29.0 Å². The molecule has 3 nitrogen and oxygen atoms in total. The molecule has 6 heteroatoms. The van der Waals surface area contributed by atoms with E-state index in [0.717, 1.165) is 21.6 Å². The van der Waals surface area contributed by atoms with Gasteiger partial charge in [-0.2, -0.15) is 0 Å². The molecular formula is C12H13F2N3S. The second-order valence-electron chi connectivity index (χ2n) is 4.66. The molecule has 0 aromatic carbocycles. The average molecular weight is 269 g/mol. The maximum absolute atomic E-state index is 12.5. The number of halogens is 2. The molecule has 3 heterocycles. The van der Waals surface area contributed by atoms with Crippen molar-refractivity contribution < 1.29 is 8.78 Å². The van der Waals surface area contributed by atoms with Gasteiger partial charge in [-0.15, -0.1) is 11.3 Å². The predicted octanol–water partition coefficient (Wildman–Crippen LogP) is 3.01. The Bertz CT molecular complexity index is 590. The molecule has 18 heavy (non-hydrogen) atoms. The summed E-state index contributed by atoms with van der Waals surface area (Å²) in [5, 5.41) is 1.02. The van der Waals surface area contributed by atoms with Crippen molar-refractivity contribution in [3.05, 3.63) is 16.8 Å². The first-order valence-electron chi connectivity index (χ1n) is 5.81. The van der Waals surface area contributed by atoms with Crippen LogP contribution in [0.2, 0.25) is 0 Å². The summed E-state index contributed by atoms with van der Waals surface area (Å²) in [7, 11) is 0. The molecule has 3 rings (SSSR count). The lowest BCUT2D eigenvalue weighted by Gasteiger charge is -2.39. The van der Waals surface area contributed by atoms with Crippen LogP contribution in [0.5, 0.6) is 0 Å². The number of hydrogen-bond acceptors (Lipinski definition) is 4. The van der Waals surface area contributed by atoms with Crippen LogP contribution in [0.3, 0.4) is 0 Å². The molecule has 0 radical (unpaired) electrons. The lowest BCUT2D eigenvalue weighted by atomic mass is 10.0. The van der Waals surface area contributed by atoms with Crippen molar-refractivity contribution >= 4 is 27.4 Å². The molecule has 0 saturated carbocycles. The molecule has 0 spiro atoms. The van der Waals surface area contributed by atoms with Gasteiger partial charge in [-0.05, 0) is 19.4 Å². The number of aryl methyl sites for hydroxylation is 2. The molecule has 0 N–H and O–H groups in total. The number of hydrogen-bond donors (Lipinski definition) is 0. The summed E-state index contributed by atoms with van der Waals surface area (Å²) in [6.07, 6.45) is -0.716.